The van der Waals surface area contributed by atoms with Crippen molar-refractivity contribution in [3.8, 4) is 0 Å². The Kier molecular flexibility index (Phi) is 3.52. The lowest BCUT2D eigenvalue weighted by Crippen LogP contribution is -2.53. The summed E-state index contributed by atoms with van der Waals surface area (Å²) in [6, 6.07) is 12.5. The number of rotatable bonds is 2. The highest BCUT2D eigenvalue weighted by atomic mass is 35.5. The third-order valence-corrected chi connectivity index (χ3v) is 7.13. The fraction of sp³-hybridized carbons (Fsp3) is 0.273. The molecule has 1 amide bonds. The Bertz CT molecular complexity index is 1240. The lowest BCUT2D eigenvalue weighted by atomic mass is 9.80. The highest BCUT2D eigenvalue weighted by molar-refractivity contribution is 6.31. The molecule has 3 heterocycles. The molecule has 0 radical (unpaired) electrons. The first-order valence-electron chi connectivity index (χ1n) is 9.80. The molecule has 2 unspecified atom stereocenters. The second kappa shape index (κ2) is 5.78. The zero-order valence-corrected chi connectivity index (χ0v) is 17.6. The molecule has 0 saturated heterocycles. The number of fused-ring (bicyclic) bond motifs is 4. The second-order valence-corrected chi connectivity index (χ2v) is 9.38. The molecule has 8 heteroatoms. The zero-order chi connectivity index (χ0) is 20.8. The van der Waals surface area contributed by atoms with Gasteiger partial charge < -0.3 is 10.4 Å². The normalized spacial score (nSPS) is 25.4. The maximum Gasteiger partial charge on any atom is 0.280 e. The van der Waals surface area contributed by atoms with Crippen LogP contribution in [0, 0.1) is 0 Å². The van der Waals surface area contributed by atoms with Crippen LogP contribution in [0.4, 0.5) is 11.4 Å². The minimum Gasteiger partial charge on any atom is -0.371 e. The van der Waals surface area contributed by atoms with Gasteiger partial charge in [0.2, 0.25) is 0 Å². The number of anilines is 2. The van der Waals surface area contributed by atoms with Crippen molar-refractivity contribution in [2.24, 2.45) is 0 Å². The first-order chi connectivity index (χ1) is 14.4. The predicted molar refractivity (Wildman–Crippen MR) is 115 cm³/mol. The van der Waals surface area contributed by atoms with Crippen molar-refractivity contribution in [3.63, 3.8) is 0 Å². The average Bonchev–Trinajstić information content (AvgIpc) is 3.08. The van der Waals surface area contributed by atoms with Gasteiger partial charge in [0.25, 0.3) is 5.91 Å². The highest BCUT2D eigenvalue weighted by Crippen LogP contribution is 2.59. The number of nitrogens with one attached hydrogen (secondary N) is 2. The summed E-state index contributed by atoms with van der Waals surface area (Å²) < 4.78 is 0. The molecule has 2 aliphatic heterocycles. The minimum absolute atomic E-state index is 0.0902. The lowest BCUT2D eigenvalue weighted by Gasteiger charge is -2.39. The third kappa shape index (κ3) is 2.14. The summed E-state index contributed by atoms with van der Waals surface area (Å²) in [5.41, 5.74) is 2.77. The van der Waals surface area contributed by atoms with E-state index in [0.29, 0.717) is 27.1 Å². The second-order valence-electron chi connectivity index (χ2n) is 8.51. The number of carbonyl (C=O) groups is 1. The molecule has 3 N–H and O–H groups in total. The van der Waals surface area contributed by atoms with Gasteiger partial charge in [0.05, 0.1) is 0 Å². The van der Waals surface area contributed by atoms with Crippen LogP contribution in [0.25, 0.3) is 0 Å². The number of halogens is 2. The molecular formula is C22H18Cl2N4O2. The molecule has 152 valence electrons. The number of benzene rings is 2. The summed E-state index contributed by atoms with van der Waals surface area (Å²) in [7, 11) is 0. The van der Waals surface area contributed by atoms with Gasteiger partial charge in [-0.3, -0.25) is 14.8 Å². The number of carbonyl (C=O) groups excluding carboxylic acids is 1. The topological polar surface area (TPSA) is 81.2 Å². The Balaban J connectivity index is 1.70. The van der Waals surface area contributed by atoms with E-state index < -0.39 is 11.8 Å². The van der Waals surface area contributed by atoms with E-state index in [4.69, 9.17) is 23.2 Å². The Morgan fingerprint density at radius 3 is 2.67 bits per heavy atom. The standard InChI is InChI=1S/C22H18Cl2N4O2/c1-21(7-8-21)18-16-17(26-27-18)19(29)28(13-4-2-3-11(23)9-13)22(16)14-6-5-12(24)10-15(14)25-20(22)30/h2-6,9-10,20,25,30H,7-8H2,1H3,(H,26,27). The molecule has 3 aliphatic rings. The molecule has 1 spiro atoms. The van der Waals surface area contributed by atoms with Crippen LogP contribution in [-0.4, -0.2) is 27.4 Å². The first kappa shape index (κ1) is 18.2. The molecule has 6 nitrogen and oxygen atoms in total. The molecular weight excluding hydrogens is 423 g/mol. The summed E-state index contributed by atoms with van der Waals surface area (Å²) in [6.07, 6.45) is 0.911. The summed E-state index contributed by atoms with van der Waals surface area (Å²) in [5, 5.41) is 23.2. The number of nitrogens with zero attached hydrogens (tertiary/aromatic N) is 2. The monoisotopic (exact) mass is 440 g/mol. The molecule has 1 aliphatic carbocycles. The largest absolute Gasteiger partial charge is 0.371 e. The van der Waals surface area contributed by atoms with Crippen LogP contribution in [0.3, 0.4) is 0 Å². The Morgan fingerprint density at radius 1 is 1.17 bits per heavy atom. The number of hydrogen-bond donors (Lipinski definition) is 3. The quantitative estimate of drug-likeness (QED) is 0.550. The van der Waals surface area contributed by atoms with E-state index in [-0.39, 0.29) is 11.3 Å². The van der Waals surface area contributed by atoms with Crippen LogP contribution < -0.4 is 10.2 Å². The van der Waals surface area contributed by atoms with Crippen molar-refractivity contribution >= 4 is 40.5 Å². The van der Waals surface area contributed by atoms with Gasteiger partial charge >= 0.3 is 0 Å². The molecule has 2 atom stereocenters. The van der Waals surface area contributed by atoms with Gasteiger partial charge in [-0.25, -0.2) is 0 Å². The highest BCUT2D eigenvalue weighted by Gasteiger charge is 2.64. The minimum atomic E-state index is -1.18. The molecule has 1 saturated carbocycles. The zero-order valence-electron chi connectivity index (χ0n) is 16.0. The van der Waals surface area contributed by atoms with E-state index in [1.54, 1.807) is 35.2 Å². The Hall–Kier alpha value is -2.54. The number of aromatic nitrogens is 2. The Labute approximate surface area is 182 Å². The number of H-pyrrole nitrogens is 1. The summed E-state index contributed by atoms with van der Waals surface area (Å²) in [4.78, 5) is 15.3. The predicted octanol–water partition coefficient (Wildman–Crippen LogP) is 4.42. The molecule has 2 aromatic carbocycles. The van der Waals surface area contributed by atoms with Crippen LogP contribution >= 0.6 is 23.2 Å². The number of amides is 1. The SMILES string of the molecule is CC1(c2[nH]nc3c2C2(c4ccc(Cl)cc4NC2O)N(c2cccc(Cl)c2)C3=O)CC1. The van der Waals surface area contributed by atoms with Gasteiger partial charge in [0, 0.05) is 43.7 Å². The average molecular weight is 441 g/mol. The van der Waals surface area contributed by atoms with Crippen molar-refractivity contribution in [2.75, 3.05) is 10.2 Å². The van der Waals surface area contributed by atoms with Crippen molar-refractivity contribution in [1.29, 1.82) is 0 Å². The van der Waals surface area contributed by atoms with Crippen LogP contribution in [-0.2, 0) is 11.0 Å². The molecule has 0 bridgehead atoms. The first-order valence-corrected chi connectivity index (χ1v) is 10.6. The van der Waals surface area contributed by atoms with Crippen molar-refractivity contribution < 1.29 is 9.90 Å². The fourth-order valence-corrected chi connectivity index (χ4v) is 5.29. The van der Waals surface area contributed by atoms with Crippen molar-refractivity contribution in [3.05, 3.63) is 75.0 Å². The van der Waals surface area contributed by atoms with E-state index in [1.807, 2.05) is 12.1 Å². The van der Waals surface area contributed by atoms with Crippen molar-refractivity contribution in [1.82, 2.24) is 10.2 Å². The maximum atomic E-state index is 13.7. The molecule has 30 heavy (non-hydrogen) atoms. The maximum absolute atomic E-state index is 13.7. The van der Waals surface area contributed by atoms with Gasteiger partial charge in [-0.2, -0.15) is 5.10 Å². The van der Waals surface area contributed by atoms with Gasteiger partial charge in [-0.05, 0) is 43.2 Å². The van der Waals surface area contributed by atoms with Gasteiger partial charge in [-0.1, -0.05) is 42.3 Å². The van der Waals surface area contributed by atoms with Gasteiger partial charge in [0.1, 0.15) is 5.54 Å². The van der Waals surface area contributed by atoms with E-state index >= 15 is 0 Å². The molecule has 6 rings (SSSR count). The third-order valence-electron chi connectivity index (χ3n) is 6.66. The van der Waals surface area contributed by atoms with Crippen molar-refractivity contribution in [2.45, 2.75) is 36.9 Å². The number of aromatic amines is 1. The van der Waals surface area contributed by atoms with E-state index in [9.17, 15) is 9.90 Å². The molecule has 3 aromatic rings. The summed E-state index contributed by atoms with van der Waals surface area (Å²) >= 11 is 12.5. The number of aliphatic hydroxyl groups is 1. The lowest BCUT2D eigenvalue weighted by molar-refractivity contribution is 0.0917. The molecule has 1 fully saturated rings. The van der Waals surface area contributed by atoms with Crippen LogP contribution in [0.5, 0.6) is 0 Å². The van der Waals surface area contributed by atoms with Gasteiger partial charge in [-0.15, -0.1) is 0 Å². The number of aliphatic hydroxyl groups excluding tert-OH is 1. The molecule has 1 aromatic heterocycles. The van der Waals surface area contributed by atoms with Crippen LogP contribution in [0.15, 0.2) is 42.5 Å². The van der Waals surface area contributed by atoms with Crippen LogP contribution in [0.2, 0.25) is 10.0 Å². The Morgan fingerprint density at radius 2 is 1.93 bits per heavy atom. The van der Waals surface area contributed by atoms with Crippen LogP contribution in [0.1, 0.15) is 47.1 Å². The van der Waals surface area contributed by atoms with E-state index in [1.165, 1.54) is 0 Å². The smallest absolute Gasteiger partial charge is 0.280 e. The number of hydrogen-bond acceptors (Lipinski definition) is 4. The van der Waals surface area contributed by atoms with E-state index in [2.05, 4.69) is 22.4 Å². The fourth-order valence-electron chi connectivity index (χ4n) is 4.94. The summed E-state index contributed by atoms with van der Waals surface area (Å²) in [6.45, 7) is 2.15. The summed E-state index contributed by atoms with van der Waals surface area (Å²) in [5.74, 6) is -0.275. The van der Waals surface area contributed by atoms with E-state index in [0.717, 1.165) is 29.7 Å². The van der Waals surface area contributed by atoms with Gasteiger partial charge in [0.15, 0.2) is 11.9 Å².